The van der Waals surface area contributed by atoms with Crippen molar-refractivity contribution in [1.29, 1.82) is 0 Å². The molecule has 0 radical (unpaired) electrons. The number of nitrogens with one attached hydrogen (secondary N) is 1. The van der Waals surface area contributed by atoms with Crippen LogP contribution in [0.3, 0.4) is 0 Å². The summed E-state index contributed by atoms with van der Waals surface area (Å²) in [5.74, 6) is 0. The van der Waals surface area contributed by atoms with Gasteiger partial charge in [-0.05, 0) is 12.8 Å². The molecule has 1 aliphatic rings. The van der Waals surface area contributed by atoms with Crippen molar-refractivity contribution in [3.63, 3.8) is 0 Å². The van der Waals surface area contributed by atoms with Crippen LogP contribution in [0.15, 0.2) is 0 Å². The monoisotopic (exact) mass is 439 g/mol. The van der Waals surface area contributed by atoms with Crippen molar-refractivity contribution in [1.82, 2.24) is 5.32 Å². The summed E-state index contributed by atoms with van der Waals surface area (Å²) in [6.07, 6.45) is 28.1. The molecule has 1 rings (SSSR count). The van der Waals surface area contributed by atoms with Gasteiger partial charge in [0.1, 0.15) is 0 Å². The van der Waals surface area contributed by atoms with Crippen molar-refractivity contribution in [3.05, 3.63) is 0 Å². The number of rotatable bonds is 24. The largest absolute Gasteiger partial charge is 0.374 e. The zero-order valence-corrected chi connectivity index (χ0v) is 21.4. The predicted octanol–water partition coefficient (Wildman–Crippen LogP) is 8.20. The molecule has 0 aliphatic carbocycles. The Kier molecular flexibility index (Phi) is 21.5. The zero-order chi connectivity index (χ0) is 22.2. The number of hydrogen-bond acceptors (Lipinski definition) is 3. The lowest BCUT2D eigenvalue weighted by molar-refractivity contribution is -0.0481. The van der Waals surface area contributed by atoms with Gasteiger partial charge in [-0.2, -0.15) is 0 Å². The molecule has 0 bridgehead atoms. The Morgan fingerprint density at radius 1 is 0.452 bits per heavy atom. The van der Waals surface area contributed by atoms with Gasteiger partial charge in [-0.15, -0.1) is 0 Å². The number of ether oxygens (including phenoxy) is 2. The summed E-state index contributed by atoms with van der Waals surface area (Å²) < 4.78 is 12.3. The molecule has 1 fully saturated rings. The van der Waals surface area contributed by atoms with Gasteiger partial charge in [0.25, 0.3) is 0 Å². The van der Waals surface area contributed by atoms with E-state index in [9.17, 15) is 0 Å². The minimum absolute atomic E-state index is 0.265. The normalized spacial score (nSPS) is 18.8. The van der Waals surface area contributed by atoms with Crippen molar-refractivity contribution < 1.29 is 9.47 Å². The average Bonchev–Trinajstić information content (AvgIpc) is 3.23. The molecule has 2 atom stereocenters. The highest BCUT2D eigenvalue weighted by atomic mass is 16.5. The summed E-state index contributed by atoms with van der Waals surface area (Å²) in [6, 6.07) is 0. The molecule has 3 nitrogen and oxygen atoms in total. The lowest BCUT2D eigenvalue weighted by Gasteiger charge is -2.20. The first-order valence-electron chi connectivity index (χ1n) is 14.3. The standard InChI is InChI=1S/C28H57NO2/c1-3-5-7-9-11-13-15-17-19-21-23-30-27-25-29-26-28(27)31-24-22-20-18-16-14-12-10-8-6-4-2/h27-29H,3-26H2,1-2H3/t27-,28-/m1/s1. The molecule has 0 aromatic carbocycles. The molecule has 0 spiro atoms. The third-order valence-electron chi connectivity index (χ3n) is 6.77. The van der Waals surface area contributed by atoms with E-state index in [4.69, 9.17) is 9.47 Å². The van der Waals surface area contributed by atoms with E-state index >= 15 is 0 Å². The second-order valence-electron chi connectivity index (χ2n) is 9.84. The fourth-order valence-corrected chi connectivity index (χ4v) is 4.61. The second-order valence-corrected chi connectivity index (χ2v) is 9.84. The Morgan fingerprint density at radius 2 is 0.742 bits per heavy atom. The van der Waals surface area contributed by atoms with Gasteiger partial charge >= 0.3 is 0 Å². The van der Waals surface area contributed by atoms with E-state index < -0.39 is 0 Å². The van der Waals surface area contributed by atoms with E-state index in [1.54, 1.807) is 0 Å². The Morgan fingerprint density at radius 3 is 1.06 bits per heavy atom. The molecule has 1 heterocycles. The Bertz CT molecular complexity index is 318. The predicted molar refractivity (Wildman–Crippen MR) is 136 cm³/mol. The maximum atomic E-state index is 6.15. The van der Waals surface area contributed by atoms with Crippen molar-refractivity contribution >= 4 is 0 Å². The highest BCUT2D eigenvalue weighted by Crippen LogP contribution is 2.14. The van der Waals surface area contributed by atoms with E-state index in [0.717, 1.165) is 26.3 Å². The van der Waals surface area contributed by atoms with Crippen LogP contribution in [-0.2, 0) is 9.47 Å². The summed E-state index contributed by atoms with van der Waals surface area (Å²) in [4.78, 5) is 0. The summed E-state index contributed by atoms with van der Waals surface area (Å²) in [5, 5.41) is 3.45. The van der Waals surface area contributed by atoms with Gasteiger partial charge in [0, 0.05) is 26.3 Å². The Labute approximate surface area is 195 Å². The summed E-state index contributed by atoms with van der Waals surface area (Å²) >= 11 is 0. The number of hydrogen-bond donors (Lipinski definition) is 1. The van der Waals surface area contributed by atoms with Crippen LogP contribution in [0.1, 0.15) is 142 Å². The minimum Gasteiger partial charge on any atom is -0.374 e. The quantitative estimate of drug-likeness (QED) is 0.154. The highest BCUT2D eigenvalue weighted by Gasteiger charge is 2.28. The second kappa shape index (κ2) is 23.1. The van der Waals surface area contributed by atoms with Gasteiger partial charge in [0.15, 0.2) is 0 Å². The minimum atomic E-state index is 0.265. The van der Waals surface area contributed by atoms with Crippen LogP contribution in [-0.4, -0.2) is 38.5 Å². The van der Waals surface area contributed by atoms with Crippen LogP contribution in [0.4, 0.5) is 0 Å². The molecule has 0 amide bonds. The van der Waals surface area contributed by atoms with Crippen molar-refractivity contribution in [2.45, 2.75) is 154 Å². The fraction of sp³-hybridized carbons (Fsp3) is 1.00. The lowest BCUT2D eigenvalue weighted by Crippen LogP contribution is -2.30. The van der Waals surface area contributed by atoms with E-state index in [0.29, 0.717) is 0 Å². The topological polar surface area (TPSA) is 30.5 Å². The van der Waals surface area contributed by atoms with E-state index in [1.165, 1.54) is 128 Å². The first-order chi connectivity index (χ1) is 15.4. The van der Waals surface area contributed by atoms with Crippen LogP contribution in [0, 0.1) is 0 Å². The SMILES string of the molecule is CCCCCCCCCCCCO[C@@H]1CNC[C@H]1OCCCCCCCCCCCC. The van der Waals surface area contributed by atoms with E-state index in [2.05, 4.69) is 19.2 Å². The maximum absolute atomic E-state index is 6.15. The van der Waals surface area contributed by atoms with Crippen LogP contribution in [0.2, 0.25) is 0 Å². The molecule has 0 aromatic rings. The lowest BCUT2D eigenvalue weighted by atomic mass is 10.1. The molecular formula is C28H57NO2. The smallest absolute Gasteiger partial charge is 0.0973 e. The first-order valence-corrected chi connectivity index (χ1v) is 14.3. The molecule has 1 aliphatic heterocycles. The van der Waals surface area contributed by atoms with Crippen LogP contribution in [0.5, 0.6) is 0 Å². The van der Waals surface area contributed by atoms with Crippen molar-refractivity contribution in [2.24, 2.45) is 0 Å². The van der Waals surface area contributed by atoms with E-state index in [1.807, 2.05) is 0 Å². The first kappa shape index (κ1) is 28.9. The Balaban J connectivity index is 1.85. The van der Waals surface area contributed by atoms with Crippen LogP contribution in [0.25, 0.3) is 0 Å². The maximum Gasteiger partial charge on any atom is 0.0973 e. The van der Waals surface area contributed by atoms with Crippen molar-refractivity contribution in [3.8, 4) is 0 Å². The van der Waals surface area contributed by atoms with Gasteiger partial charge in [0.2, 0.25) is 0 Å². The molecule has 3 heteroatoms. The highest BCUT2D eigenvalue weighted by molar-refractivity contribution is 4.83. The van der Waals surface area contributed by atoms with Crippen molar-refractivity contribution in [2.75, 3.05) is 26.3 Å². The molecule has 31 heavy (non-hydrogen) atoms. The van der Waals surface area contributed by atoms with Gasteiger partial charge in [0.05, 0.1) is 12.2 Å². The number of unbranched alkanes of at least 4 members (excludes halogenated alkanes) is 18. The summed E-state index contributed by atoms with van der Waals surface area (Å²) in [7, 11) is 0. The van der Waals surface area contributed by atoms with Gasteiger partial charge < -0.3 is 14.8 Å². The molecule has 1 N–H and O–H groups in total. The van der Waals surface area contributed by atoms with Gasteiger partial charge in [-0.25, -0.2) is 0 Å². The average molecular weight is 440 g/mol. The summed E-state index contributed by atoms with van der Waals surface area (Å²) in [5.41, 5.74) is 0. The van der Waals surface area contributed by atoms with Gasteiger partial charge in [-0.1, -0.05) is 129 Å². The molecule has 0 aromatic heterocycles. The summed E-state index contributed by atoms with van der Waals surface area (Å²) in [6.45, 7) is 8.30. The molecule has 186 valence electrons. The van der Waals surface area contributed by atoms with Gasteiger partial charge in [-0.3, -0.25) is 0 Å². The Hall–Kier alpha value is -0.120. The molecular weight excluding hydrogens is 382 g/mol. The molecule has 0 saturated carbocycles. The third-order valence-corrected chi connectivity index (χ3v) is 6.77. The van der Waals surface area contributed by atoms with E-state index in [-0.39, 0.29) is 12.2 Å². The third kappa shape index (κ3) is 18.0. The molecule has 0 unspecified atom stereocenters. The fourth-order valence-electron chi connectivity index (χ4n) is 4.61. The van der Waals surface area contributed by atoms with Crippen LogP contribution >= 0.6 is 0 Å². The van der Waals surface area contributed by atoms with Crippen LogP contribution < -0.4 is 5.32 Å². The zero-order valence-electron chi connectivity index (χ0n) is 21.4. The molecule has 1 saturated heterocycles.